The second-order valence-corrected chi connectivity index (χ2v) is 5.36. The summed E-state index contributed by atoms with van der Waals surface area (Å²) >= 11 is 0. The highest BCUT2D eigenvalue weighted by Crippen LogP contribution is 2.00. The van der Waals surface area contributed by atoms with Gasteiger partial charge in [-0.3, -0.25) is 0 Å². The summed E-state index contributed by atoms with van der Waals surface area (Å²) in [6, 6.07) is 0. The maximum absolute atomic E-state index is 9.85. The maximum Gasteiger partial charge on any atom is 0.102 e. The molecule has 0 aliphatic heterocycles. The monoisotopic (exact) mass is 275 g/mol. The van der Waals surface area contributed by atoms with Gasteiger partial charge in [-0.25, -0.2) is 0 Å². The summed E-state index contributed by atoms with van der Waals surface area (Å²) in [7, 11) is 4.44. The SMILES string of the molecule is CCCCCCC(=O)[O-].CCOCC[N+](C)(C)CC. The first kappa shape index (κ1) is 20.7. The van der Waals surface area contributed by atoms with E-state index in [9.17, 15) is 9.90 Å². The van der Waals surface area contributed by atoms with Crippen LogP contribution in [0.25, 0.3) is 0 Å². The van der Waals surface area contributed by atoms with Crippen LogP contribution in [-0.4, -0.2) is 50.9 Å². The molecule has 0 amide bonds. The zero-order chi connectivity index (χ0) is 15.1. The van der Waals surface area contributed by atoms with E-state index < -0.39 is 5.97 Å². The molecule has 19 heavy (non-hydrogen) atoms. The van der Waals surface area contributed by atoms with Crippen LogP contribution < -0.4 is 5.11 Å². The molecule has 0 heterocycles. The van der Waals surface area contributed by atoms with Gasteiger partial charge in [0.15, 0.2) is 0 Å². The van der Waals surface area contributed by atoms with Crippen molar-refractivity contribution in [3.8, 4) is 0 Å². The highest BCUT2D eigenvalue weighted by molar-refractivity contribution is 5.63. The van der Waals surface area contributed by atoms with Crippen LogP contribution in [0.15, 0.2) is 0 Å². The lowest BCUT2D eigenvalue weighted by Gasteiger charge is -2.27. The van der Waals surface area contributed by atoms with E-state index in [1.54, 1.807) is 0 Å². The van der Waals surface area contributed by atoms with Gasteiger partial charge in [-0.15, -0.1) is 0 Å². The molecule has 0 fully saturated rings. The number of carboxylic acids is 1. The van der Waals surface area contributed by atoms with E-state index >= 15 is 0 Å². The Balaban J connectivity index is 0. The average molecular weight is 275 g/mol. The molecule has 0 N–H and O–H groups in total. The molecule has 0 aromatic rings. The molecule has 0 radical (unpaired) electrons. The van der Waals surface area contributed by atoms with Crippen molar-refractivity contribution in [1.29, 1.82) is 0 Å². The molecule has 0 saturated carbocycles. The molecule has 0 unspecified atom stereocenters. The lowest BCUT2D eigenvalue weighted by Crippen LogP contribution is -2.41. The number of carboxylic acid groups (broad SMARTS) is 1. The van der Waals surface area contributed by atoms with Crippen LogP contribution in [-0.2, 0) is 9.53 Å². The predicted molar refractivity (Wildman–Crippen MR) is 77.8 cm³/mol. The summed E-state index contributed by atoms with van der Waals surface area (Å²) in [6.07, 6.45) is 4.29. The van der Waals surface area contributed by atoms with Crippen molar-refractivity contribution in [1.82, 2.24) is 0 Å². The molecule has 0 rings (SSSR count). The summed E-state index contributed by atoms with van der Waals surface area (Å²) in [5.41, 5.74) is 0. The van der Waals surface area contributed by atoms with Gasteiger partial charge in [0, 0.05) is 12.6 Å². The Morgan fingerprint density at radius 1 is 1.11 bits per heavy atom. The van der Waals surface area contributed by atoms with Crippen LogP contribution in [0.5, 0.6) is 0 Å². The Kier molecular flexibility index (Phi) is 15.1. The molecule has 116 valence electrons. The van der Waals surface area contributed by atoms with Crippen LogP contribution in [0.4, 0.5) is 0 Å². The first-order valence-corrected chi connectivity index (χ1v) is 7.49. The number of hydrogen-bond donors (Lipinski definition) is 0. The second-order valence-electron chi connectivity index (χ2n) is 5.36. The minimum atomic E-state index is -0.925. The van der Waals surface area contributed by atoms with Crippen LogP contribution in [0.3, 0.4) is 0 Å². The van der Waals surface area contributed by atoms with E-state index in [0.717, 1.165) is 49.9 Å². The standard InChI is InChI=1S/C8H20NO.C7H14O2/c1-5-9(3,4)7-8-10-6-2;1-2-3-4-5-6-7(8)9/h5-8H2,1-4H3;2-6H2,1H3,(H,8,9)/q+1;/p-1. The summed E-state index contributed by atoms with van der Waals surface area (Å²) in [5, 5.41) is 9.85. The largest absolute Gasteiger partial charge is 0.550 e. The van der Waals surface area contributed by atoms with Crippen molar-refractivity contribution in [2.75, 3.05) is 40.4 Å². The van der Waals surface area contributed by atoms with Crippen molar-refractivity contribution in [3.05, 3.63) is 0 Å². The zero-order valence-electron chi connectivity index (χ0n) is 13.5. The number of quaternary nitrogens is 1. The molecule has 0 aromatic heterocycles. The van der Waals surface area contributed by atoms with Crippen LogP contribution in [0.1, 0.15) is 52.9 Å². The zero-order valence-corrected chi connectivity index (χ0v) is 13.5. The van der Waals surface area contributed by atoms with Crippen molar-refractivity contribution in [2.24, 2.45) is 0 Å². The normalized spacial score (nSPS) is 10.8. The third kappa shape index (κ3) is 19.9. The third-order valence-corrected chi connectivity index (χ3v) is 3.14. The summed E-state index contributed by atoms with van der Waals surface area (Å²) in [5.74, 6) is -0.925. The van der Waals surface area contributed by atoms with Gasteiger partial charge < -0.3 is 19.1 Å². The molecule has 0 aliphatic carbocycles. The quantitative estimate of drug-likeness (QED) is 0.451. The second kappa shape index (κ2) is 13.8. The van der Waals surface area contributed by atoms with E-state index in [2.05, 4.69) is 27.9 Å². The Bertz CT molecular complexity index is 206. The lowest BCUT2D eigenvalue weighted by molar-refractivity contribution is -0.888. The summed E-state index contributed by atoms with van der Waals surface area (Å²) in [6.45, 7) is 10.3. The number of rotatable bonds is 10. The highest BCUT2D eigenvalue weighted by Gasteiger charge is 2.09. The van der Waals surface area contributed by atoms with E-state index in [0.29, 0.717) is 0 Å². The van der Waals surface area contributed by atoms with Crippen molar-refractivity contribution in [3.63, 3.8) is 0 Å². The van der Waals surface area contributed by atoms with Crippen LogP contribution in [0, 0.1) is 0 Å². The molecular weight excluding hydrogens is 242 g/mol. The predicted octanol–water partition coefficient (Wildman–Crippen LogP) is 1.83. The van der Waals surface area contributed by atoms with Crippen LogP contribution >= 0.6 is 0 Å². The van der Waals surface area contributed by atoms with E-state index in [4.69, 9.17) is 4.74 Å². The number of ether oxygens (including phenoxy) is 1. The van der Waals surface area contributed by atoms with E-state index in [1.165, 1.54) is 6.54 Å². The fourth-order valence-corrected chi connectivity index (χ4v) is 1.31. The van der Waals surface area contributed by atoms with Gasteiger partial charge in [0.1, 0.15) is 6.54 Å². The van der Waals surface area contributed by atoms with E-state index in [-0.39, 0.29) is 6.42 Å². The first-order valence-electron chi connectivity index (χ1n) is 7.49. The number of unbranched alkanes of at least 4 members (excludes halogenated alkanes) is 3. The first-order chi connectivity index (χ1) is 8.89. The Morgan fingerprint density at radius 3 is 2.16 bits per heavy atom. The molecule has 0 aliphatic rings. The molecule has 4 heteroatoms. The van der Waals surface area contributed by atoms with Gasteiger partial charge in [-0.05, 0) is 26.7 Å². The number of carbonyl (C=O) groups is 1. The maximum atomic E-state index is 9.85. The number of likely N-dealkylation sites (N-methyl/N-ethyl adjacent to an activating group) is 1. The Morgan fingerprint density at radius 2 is 1.74 bits per heavy atom. The lowest BCUT2D eigenvalue weighted by atomic mass is 10.2. The van der Waals surface area contributed by atoms with Gasteiger partial charge in [0.25, 0.3) is 0 Å². The minimum Gasteiger partial charge on any atom is -0.550 e. The van der Waals surface area contributed by atoms with Crippen molar-refractivity contribution < 1.29 is 19.1 Å². The van der Waals surface area contributed by atoms with Crippen LogP contribution in [0.2, 0.25) is 0 Å². The van der Waals surface area contributed by atoms with Crippen molar-refractivity contribution in [2.45, 2.75) is 52.9 Å². The summed E-state index contributed by atoms with van der Waals surface area (Å²) < 4.78 is 6.31. The number of nitrogens with zero attached hydrogens (tertiary/aromatic N) is 1. The van der Waals surface area contributed by atoms with Gasteiger partial charge in [0.2, 0.25) is 0 Å². The van der Waals surface area contributed by atoms with Crippen molar-refractivity contribution >= 4 is 5.97 Å². The van der Waals surface area contributed by atoms with Gasteiger partial charge in [0.05, 0.1) is 27.2 Å². The summed E-state index contributed by atoms with van der Waals surface area (Å²) in [4.78, 5) is 9.85. The Labute approximate surface area is 119 Å². The van der Waals surface area contributed by atoms with E-state index in [1.807, 2.05) is 6.92 Å². The topological polar surface area (TPSA) is 49.4 Å². The highest BCUT2D eigenvalue weighted by atomic mass is 16.5. The molecule has 0 bridgehead atoms. The van der Waals surface area contributed by atoms with Gasteiger partial charge in [-0.2, -0.15) is 0 Å². The third-order valence-electron chi connectivity index (χ3n) is 3.14. The average Bonchev–Trinajstić information content (AvgIpc) is 2.35. The molecular formula is C15H33NO3. The number of hydrogen-bond acceptors (Lipinski definition) is 3. The fraction of sp³-hybridized carbons (Fsp3) is 0.933. The minimum absolute atomic E-state index is 0.222. The van der Waals surface area contributed by atoms with Gasteiger partial charge >= 0.3 is 0 Å². The Hall–Kier alpha value is -0.610. The number of aliphatic carboxylic acids is 1. The smallest absolute Gasteiger partial charge is 0.102 e. The van der Waals surface area contributed by atoms with Gasteiger partial charge in [-0.1, -0.05) is 26.2 Å². The molecule has 4 nitrogen and oxygen atoms in total. The molecule has 0 aromatic carbocycles. The molecule has 0 atom stereocenters. The molecule has 0 spiro atoms. The fourth-order valence-electron chi connectivity index (χ4n) is 1.31. The molecule has 0 saturated heterocycles. The number of carbonyl (C=O) groups excluding carboxylic acids is 1.